The van der Waals surface area contributed by atoms with Gasteiger partial charge in [-0.25, -0.2) is 0 Å². The summed E-state index contributed by atoms with van der Waals surface area (Å²) < 4.78 is 5.94. The van der Waals surface area contributed by atoms with Gasteiger partial charge in [-0.15, -0.1) is 0 Å². The van der Waals surface area contributed by atoms with Crippen molar-refractivity contribution in [3.8, 4) is 0 Å². The summed E-state index contributed by atoms with van der Waals surface area (Å²) in [4.78, 5) is 2.58. The van der Waals surface area contributed by atoms with E-state index in [2.05, 4.69) is 45.1 Å². The molecule has 3 nitrogen and oxygen atoms in total. The summed E-state index contributed by atoms with van der Waals surface area (Å²) in [6.45, 7) is 9.26. The third-order valence-electron chi connectivity index (χ3n) is 5.74. The summed E-state index contributed by atoms with van der Waals surface area (Å²) >= 11 is 0. The van der Waals surface area contributed by atoms with Crippen molar-refractivity contribution in [3.05, 3.63) is 0 Å². The first-order chi connectivity index (χ1) is 9.91. The molecule has 1 aliphatic heterocycles. The van der Waals surface area contributed by atoms with E-state index in [4.69, 9.17) is 4.74 Å². The summed E-state index contributed by atoms with van der Waals surface area (Å²) in [6.07, 6.45) is 8.26. The van der Waals surface area contributed by atoms with Crippen molar-refractivity contribution < 1.29 is 4.74 Å². The normalized spacial score (nSPS) is 35.1. The lowest BCUT2D eigenvalue weighted by Gasteiger charge is -2.46. The Morgan fingerprint density at radius 3 is 2.48 bits per heavy atom. The molecule has 1 heterocycles. The van der Waals surface area contributed by atoms with Crippen LogP contribution in [-0.4, -0.2) is 50.3 Å². The molecule has 124 valence electrons. The van der Waals surface area contributed by atoms with Crippen LogP contribution in [0.5, 0.6) is 0 Å². The zero-order valence-corrected chi connectivity index (χ0v) is 14.8. The van der Waals surface area contributed by atoms with Crippen LogP contribution >= 0.6 is 0 Å². The van der Waals surface area contributed by atoms with Crippen molar-refractivity contribution in [2.75, 3.05) is 27.2 Å². The first-order valence-electron chi connectivity index (χ1n) is 8.91. The van der Waals surface area contributed by atoms with E-state index in [1.54, 1.807) is 0 Å². The van der Waals surface area contributed by atoms with Gasteiger partial charge in [0.25, 0.3) is 0 Å². The van der Waals surface area contributed by atoms with Crippen molar-refractivity contribution in [1.29, 1.82) is 0 Å². The van der Waals surface area contributed by atoms with Crippen LogP contribution < -0.4 is 5.32 Å². The highest BCUT2D eigenvalue weighted by Crippen LogP contribution is 2.39. The monoisotopic (exact) mass is 296 g/mol. The molecule has 0 amide bonds. The van der Waals surface area contributed by atoms with Crippen LogP contribution in [0.4, 0.5) is 0 Å². The molecule has 2 aliphatic rings. The Labute approximate surface area is 131 Å². The fourth-order valence-corrected chi connectivity index (χ4v) is 4.17. The molecule has 0 aromatic rings. The van der Waals surface area contributed by atoms with Gasteiger partial charge >= 0.3 is 0 Å². The van der Waals surface area contributed by atoms with Crippen molar-refractivity contribution in [2.24, 2.45) is 11.3 Å². The maximum Gasteiger partial charge on any atom is 0.0702 e. The largest absolute Gasteiger partial charge is 0.377 e. The fourth-order valence-electron chi connectivity index (χ4n) is 4.17. The number of ether oxygens (including phenoxy) is 1. The number of hydrogen-bond donors (Lipinski definition) is 1. The van der Waals surface area contributed by atoms with Gasteiger partial charge in [0.1, 0.15) is 0 Å². The predicted octanol–water partition coefficient (Wildman–Crippen LogP) is 3.29. The smallest absolute Gasteiger partial charge is 0.0702 e. The molecule has 1 saturated carbocycles. The molecule has 0 aromatic heterocycles. The third-order valence-corrected chi connectivity index (χ3v) is 5.74. The second-order valence-electron chi connectivity index (χ2n) is 8.27. The van der Waals surface area contributed by atoms with Crippen LogP contribution in [0.1, 0.15) is 59.3 Å². The van der Waals surface area contributed by atoms with Gasteiger partial charge in [0.05, 0.1) is 6.10 Å². The highest BCUT2D eigenvalue weighted by molar-refractivity contribution is 4.93. The molecular weight excluding hydrogens is 260 g/mol. The molecule has 4 unspecified atom stereocenters. The van der Waals surface area contributed by atoms with E-state index in [-0.39, 0.29) is 0 Å². The third kappa shape index (κ3) is 4.67. The summed E-state index contributed by atoms with van der Waals surface area (Å²) in [5.74, 6) is 0.835. The molecule has 1 N–H and O–H groups in total. The lowest BCUT2D eigenvalue weighted by Crippen LogP contribution is -2.54. The Morgan fingerprint density at radius 2 is 1.90 bits per heavy atom. The highest BCUT2D eigenvalue weighted by atomic mass is 16.5. The number of nitrogens with one attached hydrogen (secondary N) is 1. The first-order valence-corrected chi connectivity index (χ1v) is 8.91. The molecule has 1 saturated heterocycles. The molecule has 0 radical (unpaired) electrons. The summed E-state index contributed by atoms with van der Waals surface area (Å²) in [5, 5.41) is 3.56. The Kier molecular flexibility index (Phi) is 6.10. The van der Waals surface area contributed by atoms with Gasteiger partial charge in [0.15, 0.2) is 0 Å². The Hall–Kier alpha value is -0.120. The number of nitrogens with zero attached hydrogens (tertiary/aromatic N) is 1. The molecule has 0 bridgehead atoms. The van der Waals surface area contributed by atoms with Crippen LogP contribution in [-0.2, 0) is 4.74 Å². The summed E-state index contributed by atoms with van der Waals surface area (Å²) in [5.41, 5.74) is 0.430. The number of rotatable bonds is 4. The molecule has 0 spiro atoms. The Balaban J connectivity index is 1.95. The van der Waals surface area contributed by atoms with E-state index in [1.165, 1.54) is 38.5 Å². The minimum atomic E-state index is 0.430. The zero-order valence-electron chi connectivity index (χ0n) is 14.8. The van der Waals surface area contributed by atoms with Crippen LogP contribution in [0.15, 0.2) is 0 Å². The highest BCUT2D eigenvalue weighted by Gasteiger charge is 2.37. The lowest BCUT2D eigenvalue weighted by atomic mass is 9.69. The molecule has 0 aromatic carbocycles. The molecule has 1 aliphatic carbocycles. The van der Waals surface area contributed by atoms with Gasteiger partial charge in [0, 0.05) is 25.2 Å². The molecule has 2 fully saturated rings. The molecule has 4 atom stereocenters. The molecule has 2 rings (SSSR count). The molecule has 3 heteroatoms. The van der Waals surface area contributed by atoms with Gasteiger partial charge in [-0.05, 0) is 64.0 Å². The van der Waals surface area contributed by atoms with E-state index < -0.39 is 0 Å². The maximum atomic E-state index is 5.94. The van der Waals surface area contributed by atoms with E-state index >= 15 is 0 Å². The van der Waals surface area contributed by atoms with Crippen LogP contribution in [0.2, 0.25) is 0 Å². The standard InChI is InChI=1S/C18H36N2O/c1-18(2,3)14-9-10-16(19-4)17(12-14)20(5)13-15-8-6-7-11-21-15/h14-17,19H,6-13H2,1-5H3. The second-order valence-corrected chi connectivity index (χ2v) is 8.27. The SMILES string of the molecule is CNC1CCC(C(C)(C)C)CC1N(C)CC1CCCCO1. The Bertz CT molecular complexity index is 307. The van der Waals surface area contributed by atoms with Crippen LogP contribution in [0, 0.1) is 11.3 Å². The predicted molar refractivity (Wildman–Crippen MR) is 89.7 cm³/mol. The first kappa shape index (κ1) is 17.2. The lowest BCUT2D eigenvalue weighted by molar-refractivity contribution is -0.0203. The van der Waals surface area contributed by atoms with Gasteiger partial charge in [-0.2, -0.15) is 0 Å². The average molecular weight is 296 g/mol. The second kappa shape index (κ2) is 7.43. The maximum absolute atomic E-state index is 5.94. The topological polar surface area (TPSA) is 24.5 Å². The molecule has 21 heavy (non-hydrogen) atoms. The summed E-state index contributed by atoms with van der Waals surface area (Å²) in [7, 11) is 4.43. The minimum absolute atomic E-state index is 0.430. The quantitative estimate of drug-likeness (QED) is 0.861. The van der Waals surface area contributed by atoms with Gasteiger partial charge in [0.2, 0.25) is 0 Å². The van der Waals surface area contributed by atoms with Gasteiger partial charge < -0.3 is 10.1 Å². The van der Waals surface area contributed by atoms with Gasteiger partial charge in [-0.1, -0.05) is 20.8 Å². The van der Waals surface area contributed by atoms with Crippen molar-refractivity contribution >= 4 is 0 Å². The average Bonchev–Trinajstić information content (AvgIpc) is 2.46. The van der Waals surface area contributed by atoms with Crippen molar-refractivity contribution in [3.63, 3.8) is 0 Å². The van der Waals surface area contributed by atoms with Crippen LogP contribution in [0.25, 0.3) is 0 Å². The van der Waals surface area contributed by atoms with E-state index in [9.17, 15) is 0 Å². The number of hydrogen-bond acceptors (Lipinski definition) is 3. The van der Waals surface area contributed by atoms with E-state index in [1.807, 2.05) is 0 Å². The minimum Gasteiger partial charge on any atom is -0.377 e. The number of likely N-dealkylation sites (N-methyl/N-ethyl adjacent to an activating group) is 2. The zero-order chi connectivity index (χ0) is 15.5. The Morgan fingerprint density at radius 1 is 1.14 bits per heavy atom. The summed E-state index contributed by atoms with van der Waals surface area (Å²) in [6, 6.07) is 1.29. The fraction of sp³-hybridized carbons (Fsp3) is 1.00. The van der Waals surface area contributed by atoms with Gasteiger partial charge in [-0.3, -0.25) is 4.90 Å². The van der Waals surface area contributed by atoms with E-state index in [0.29, 0.717) is 23.6 Å². The van der Waals surface area contributed by atoms with Crippen LogP contribution in [0.3, 0.4) is 0 Å². The van der Waals surface area contributed by atoms with E-state index in [0.717, 1.165) is 19.1 Å². The van der Waals surface area contributed by atoms with Crippen molar-refractivity contribution in [2.45, 2.75) is 77.5 Å². The molecular formula is C18H36N2O. The van der Waals surface area contributed by atoms with Crippen molar-refractivity contribution in [1.82, 2.24) is 10.2 Å².